The highest BCUT2D eigenvalue weighted by Crippen LogP contribution is 2.13. The van der Waals surface area contributed by atoms with Gasteiger partial charge in [-0.3, -0.25) is 14.4 Å². The standard InChI is InChI=1S/C10H8N2O4S/c13-10(9-4-5-11-12-9)7-2-1-3-8(6-7)17(14,15)16/h1-6H,(H,11,12)(H,14,15,16). The third-order valence-electron chi connectivity index (χ3n) is 2.14. The van der Waals surface area contributed by atoms with Gasteiger partial charge in [0, 0.05) is 11.8 Å². The average Bonchev–Trinajstić information content (AvgIpc) is 2.80. The minimum absolute atomic E-state index is 0.157. The van der Waals surface area contributed by atoms with Crippen molar-refractivity contribution in [1.29, 1.82) is 0 Å². The van der Waals surface area contributed by atoms with Crippen LogP contribution in [0.25, 0.3) is 0 Å². The van der Waals surface area contributed by atoms with Gasteiger partial charge in [-0.1, -0.05) is 12.1 Å². The van der Waals surface area contributed by atoms with Crippen LogP contribution < -0.4 is 0 Å². The summed E-state index contributed by atoms with van der Waals surface area (Å²) in [6.07, 6.45) is 1.42. The van der Waals surface area contributed by atoms with Crippen LogP contribution in [0.2, 0.25) is 0 Å². The molecule has 0 unspecified atom stereocenters. The van der Waals surface area contributed by atoms with E-state index in [0.717, 1.165) is 6.07 Å². The number of ketones is 1. The second-order valence-electron chi connectivity index (χ2n) is 3.30. The maximum absolute atomic E-state index is 11.8. The predicted octanol–water partition coefficient (Wildman–Crippen LogP) is 0.887. The average molecular weight is 252 g/mol. The molecule has 0 atom stereocenters. The van der Waals surface area contributed by atoms with Crippen LogP contribution in [0.4, 0.5) is 0 Å². The molecule has 1 aromatic carbocycles. The first-order valence-corrected chi connectivity index (χ1v) is 6.04. The molecule has 0 amide bonds. The van der Waals surface area contributed by atoms with E-state index in [1.807, 2.05) is 0 Å². The predicted molar refractivity (Wildman–Crippen MR) is 58.3 cm³/mol. The number of aromatic nitrogens is 2. The van der Waals surface area contributed by atoms with Crippen molar-refractivity contribution in [3.05, 3.63) is 47.8 Å². The number of carbonyl (C=O) groups is 1. The SMILES string of the molecule is O=C(c1cccc(S(=O)(=O)O)c1)c1ccn[nH]1. The third-order valence-corrected chi connectivity index (χ3v) is 2.99. The normalized spacial score (nSPS) is 11.4. The lowest BCUT2D eigenvalue weighted by Crippen LogP contribution is -2.05. The number of benzene rings is 1. The lowest BCUT2D eigenvalue weighted by molar-refractivity contribution is 0.103. The number of carbonyl (C=O) groups excluding carboxylic acids is 1. The number of hydrogen-bond donors (Lipinski definition) is 2. The zero-order valence-electron chi connectivity index (χ0n) is 8.49. The van der Waals surface area contributed by atoms with Crippen LogP contribution in [0.1, 0.15) is 16.1 Å². The van der Waals surface area contributed by atoms with Gasteiger partial charge in [0.15, 0.2) is 0 Å². The number of rotatable bonds is 3. The van der Waals surface area contributed by atoms with Crippen LogP contribution >= 0.6 is 0 Å². The van der Waals surface area contributed by atoms with Gasteiger partial charge in [0.2, 0.25) is 5.78 Å². The number of hydrogen-bond acceptors (Lipinski definition) is 4. The highest BCUT2D eigenvalue weighted by Gasteiger charge is 2.14. The van der Waals surface area contributed by atoms with E-state index in [9.17, 15) is 13.2 Å². The third kappa shape index (κ3) is 2.40. The molecule has 0 aliphatic carbocycles. The van der Waals surface area contributed by atoms with Gasteiger partial charge in [-0.2, -0.15) is 13.5 Å². The molecule has 0 fully saturated rings. The van der Waals surface area contributed by atoms with Crippen molar-refractivity contribution < 1.29 is 17.8 Å². The monoisotopic (exact) mass is 252 g/mol. The Morgan fingerprint density at radius 3 is 2.65 bits per heavy atom. The Morgan fingerprint density at radius 1 is 1.29 bits per heavy atom. The Balaban J connectivity index is 2.45. The molecule has 0 aliphatic heterocycles. The van der Waals surface area contributed by atoms with E-state index < -0.39 is 15.9 Å². The summed E-state index contributed by atoms with van der Waals surface area (Å²) in [5.41, 5.74) is 0.405. The highest BCUT2D eigenvalue weighted by atomic mass is 32.2. The quantitative estimate of drug-likeness (QED) is 0.624. The van der Waals surface area contributed by atoms with E-state index in [-0.39, 0.29) is 16.2 Å². The molecule has 0 saturated carbocycles. The van der Waals surface area contributed by atoms with Crippen LogP contribution in [0.3, 0.4) is 0 Å². The van der Waals surface area contributed by atoms with Gasteiger partial charge in [0.25, 0.3) is 10.1 Å². The van der Waals surface area contributed by atoms with Crippen LogP contribution in [-0.4, -0.2) is 29.0 Å². The molecular formula is C10H8N2O4S. The van der Waals surface area contributed by atoms with Gasteiger partial charge >= 0.3 is 0 Å². The molecule has 0 spiro atoms. The van der Waals surface area contributed by atoms with E-state index in [4.69, 9.17) is 4.55 Å². The Hall–Kier alpha value is -1.99. The van der Waals surface area contributed by atoms with Crippen LogP contribution in [0, 0.1) is 0 Å². The molecule has 1 heterocycles. The molecule has 6 nitrogen and oxygen atoms in total. The first-order chi connectivity index (χ1) is 7.98. The second kappa shape index (κ2) is 4.11. The number of aromatic amines is 1. The van der Waals surface area contributed by atoms with Gasteiger partial charge < -0.3 is 0 Å². The lowest BCUT2D eigenvalue weighted by Gasteiger charge is -2.00. The minimum Gasteiger partial charge on any atom is -0.287 e. The van der Waals surface area contributed by atoms with E-state index in [0.29, 0.717) is 0 Å². The Labute approximate surface area is 97.0 Å². The molecule has 0 radical (unpaired) electrons. The molecule has 7 heteroatoms. The molecule has 1 aromatic heterocycles. The Bertz CT molecular complexity index is 647. The topological polar surface area (TPSA) is 100 Å². The second-order valence-corrected chi connectivity index (χ2v) is 4.72. The maximum Gasteiger partial charge on any atom is 0.294 e. The summed E-state index contributed by atoms with van der Waals surface area (Å²) in [4.78, 5) is 11.5. The van der Waals surface area contributed by atoms with Crippen LogP contribution in [0.5, 0.6) is 0 Å². The largest absolute Gasteiger partial charge is 0.294 e. The molecule has 2 rings (SSSR count). The van der Waals surface area contributed by atoms with Crippen molar-refractivity contribution in [3.63, 3.8) is 0 Å². The fourth-order valence-corrected chi connectivity index (χ4v) is 1.86. The van der Waals surface area contributed by atoms with Gasteiger partial charge in [-0.05, 0) is 18.2 Å². The van der Waals surface area contributed by atoms with Gasteiger partial charge in [-0.25, -0.2) is 0 Å². The van der Waals surface area contributed by atoms with Crippen molar-refractivity contribution in [2.75, 3.05) is 0 Å². The zero-order chi connectivity index (χ0) is 12.5. The summed E-state index contributed by atoms with van der Waals surface area (Å²) in [5, 5.41) is 6.11. The Kier molecular flexibility index (Phi) is 2.78. The molecule has 0 aliphatic rings. The molecule has 17 heavy (non-hydrogen) atoms. The van der Waals surface area contributed by atoms with Crippen molar-refractivity contribution >= 4 is 15.9 Å². The number of H-pyrrole nitrogens is 1. The van der Waals surface area contributed by atoms with E-state index >= 15 is 0 Å². The molecule has 2 aromatic rings. The van der Waals surface area contributed by atoms with E-state index in [1.165, 1.54) is 30.5 Å². The fraction of sp³-hybridized carbons (Fsp3) is 0. The molecular weight excluding hydrogens is 244 g/mol. The van der Waals surface area contributed by atoms with Crippen molar-refractivity contribution in [2.45, 2.75) is 4.90 Å². The van der Waals surface area contributed by atoms with Crippen LogP contribution in [0.15, 0.2) is 41.4 Å². The van der Waals surface area contributed by atoms with Gasteiger partial charge in [0.1, 0.15) is 5.69 Å². The minimum atomic E-state index is -4.31. The summed E-state index contributed by atoms with van der Waals surface area (Å²) >= 11 is 0. The fourth-order valence-electron chi connectivity index (χ4n) is 1.34. The van der Waals surface area contributed by atoms with Crippen LogP contribution in [-0.2, 0) is 10.1 Å². The maximum atomic E-state index is 11.8. The summed E-state index contributed by atoms with van der Waals surface area (Å²) in [5.74, 6) is -0.395. The first-order valence-electron chi connectivity index (χ1n) is 4.60. The molecule has 2 N–H and O–H groups in total. The van der Waals surface area contributed by atoms with Crippen molar-refractivity contribution in [1.82, 2.24) is 10.2 Å². The zero-order valence-corrected chi connectivity index (χ0v) is 9.31. The van der Waals surface area contributed by atoms with Crippen molar-refractivity contribution in [2.24, 2.45) is 0 Å². The molecule has 88 valence electrons. The lowest BCUT2D eigenvalue weighted by atomic mass is 10.1. The smallest absolute Gasteiger partial charge is 0.287 e. The summed E-state index contributed by atoms with van der Waals surface area (Å²) in [6, 6.07) is 6.63. The Morgan fingerprint density at radius 2 is 2.06 bits per heavy atom. The first kappa shape index (κ1) is 11.5. The van der Waals surface area contributed by atoms with Gasteiger partial charge in [0.05, 0.1) is 4.90 Å². The number of nitrogens with zero attached hydrogens (tertiary/aromatic N) is 1. The summed E-state index contributed by atoms with van der Waals surface area (Å²) in [6.45, 7) is 0. The summed E-state index contributed by atoms with van der Waals surface area (Å²) < 4.78 is 30.7. The molecule has 0 bridgehead atoms. The highest BCUT2D eigenvalue weighted by molar-refractivity contribution is 7.85. The van der Waals surface area contributed by atoms with E-state index in [1.54, 1.807) is 0 Å². The van der Waals surface area contributed by atoms with Crippen molar-refractivity contribution in [3.8, 4) is 0 Å². The number of nitrogens with one attached hydrogen (secondary N) is 1. The summed E-state index contributed by atoms with van der Waals surface area (Å²) in [7, 11) is -4.31. The van der Waals surface area contributed by atoms with E-state index in [2.05, 4.69) is 10.2 Å². The molecule has 0 saturated heterocycles. The van der Waals surface area contributed by atoms with Gasteiger partial charge in [-0.15, -0.1) is 0 Å².